The lowest BCUT2D eigenvalue weighted by Gasteiger charge is -2.33. The summed E-state index contributed by atoms with van der Waals surface area (Å²) in [5, 5.41) is 0. The molecule has 2 heterocycles. The molecule has 2 N–H and O–H groups in total. The van der Waals surface area contributed by atoms with Crippen molar-refractivity contribution in [3.8, 4) is 0 Å². The Bertz CT molecular complexity index is 472. The Morgan fingerprint density at radius 3 is 2.43 bits per heavy atom. The van der Waals surface area contributed by atoms with Crippen molar-refractivity contribution in [1.82, 2.24) is 9.97 Å². The van der Waals surface area contributed by atoms with Gasteiger partial charge < -0.3 is 10.6 Å². The van der Waals surface area contributed by atoms with Crippen LogP contribution in [0.3, 0.4) is 0 Å². The molecule has 0 aromatic carbocycles. The van der Waals surface area contributed by atoms with E-state index in [4.69, 9.17) is 15.7 Å². The number of nitrogens with zero attached hydrogens (tertiary/aromatic N) is 3. The molecule has 4 nitrogen and oxygen atoms in total. The van der Waals surface area contributed by atoms with Crippen LogP contribution in [0.5, 0.6) is 0 Å². The number of aromatic nitrogens is 2. The van der Waals surface area contributed by atoms with E-state index in [9.17, 15) is 0 Å². The van der Waals surface area contributed by atoms with Gasteiger partial charge >= 0.3 is 0 Å². The smallest absolute Gasteiger partial charge is 0.131 e. The fraction of sp³-hybridized carbons (Fsp3) is 0.765. The highest BCUT2D eigenvalue weighted by Crippen LogP contribution is 2.34. The molecular formula is C17H28N4. The fourth-order valence-electron chi connectivity index (χ4n) is 3.59. The highest BCUT2D eigenvalue weighted by Gasteiger charge is 2.24. The van der Waals surface area contributed by atoms with Crippen LogP contribution in [0.15, 0.2) is 6.20 Å². The van der Waals surface area contributed by atoms with E-state index in [1.807, 2.05) is 0 Å². The molecule has 1 aliphatic heterocycles. The Kier molecular flexibility index (Phi) is 4.43. The van der Waals surface area contributed by atoms with Crippen LogP contribution in [0.25, 0.3) is 0 Å². The van der Waals surface area contributed by atoms with Gasteiger partial charge in [0.2, 0.25) is 0 Å². The Morgan fingerprint density at radius 2 is 1.81 bits per heavy atom. The van der Waals surface area contributed by atoms with Gasteiger partial charge in [0.25, 0.3) is 0 Å². The van der Waals surface area contributed by atoms with Crippen LogP contribution in [0.1, 0.15) is 75.7 Å². The minimum atomic E-state index is 0.363. The summed E-state index contributed by atoms with van der Waals surface area (Å²) in [4.78, 5) is 12.1. The molecule has 116 valence electrons. The zero-order valence-corrected chi connectivity index (χ0v) is 13.4. The van der Waals surface area contributed by atoms with Gasteiger partial charge in [0.15, 0.2) is 0 Å². The van der Waals surface area contributed by atoms with Crippen molar-refractivity contribution in [3.63, 3.8) is 0 Å². The van der Waals surface area contributed by atoms with Gasteiger partial charge in [-0.2, -0.15) is 0 Å². The normalized spacial score (nSPS) is 21.4. The summed E-state index contributed by atoms with van der Waals surface area (Å²) < 4.78 is 0. The van der Waals surface area contributed by atoms with Gasteiger partial charge in [0.1, 0.15) is 5.82 Å². The first kappa shape index (κ1) is 14.8. The summed E-state index contributed by atoms with van der Waals surface area (Å²) in [7, 11) is 0. The van der Waals surface area contributed by atoms with E-state index in [1.54, 1.807) is 0 Å². The maximum absolute atomic E-state index is 6.02. The maximum Gasteiger partial charge on any atom is 0.131 e. The molecule has 4 heteroatoms. The SMILES string of the molecule is CC(C)c1nc(C2CCCC2)ncc1N1CCC(N)CC1. The predicted octanol–water partition coefficient (Wildman–Crippen LogP) is 3.19. The first-order chi connectivity index (χ1) is 10.1. The Labute approximate surface area is 128 Å². The second-order valence-electron chi connectivity index (χ2n) is 6.96. The molecule has 2 fully saturated rings. The predicted molar refractivity (Wildman–Crippen MR) is 86.8 cm³/mol. The molecule has 0 unspecified atom stereocenters. The molecule has 1 aliphatic carbocycles. The van der Waals surface area contributed by atoms with Gasteiger partial charge in [0, 0.05) is 25.0 Å². The lowest BCUT2D eigenvalue weighted by atomic mass is 10.0. The highest BCUT2D eigenvalue weighted by molar-refractivity contribution is 5.51. The molecule has 0 amide bonds. The number of piperidine rings is 1. The summed E-state index contributed by atoms with van der Waals surface area (Å²) in [5.74, 6) is 2.11. The van der Waals surface area contributed by atoms with Crippen molar-refractivity contribution in [2.24, 2.45) is 5.73 Å². The van der Waals surface area contributed by atoms with Crippen molar-refractivity contribution in [2.75, 3.05) is 18.0 Å². The monoisotopic (exact) mass is 288 g/mol. The van der Waals surface area contributed by atoms with Gasteiger partial charge in [-0.15, -0.1) is 0 Å². The van der Waals surface area contributed by atoms with Crippen LogP contribution in [-0.4, -0.2) is 29.1 Å². The summed E-state index contributed by atoms with van der Waals surface area (Å²) in [6.45, 7) is 6.54. The first-order valence-corrected chi connectivity index (χ1v) is 8.52. The molecule has 1 aromatic rings. The average molecular weight is 288 g/mol. The molecular weight excluding hydrogens is 260 g/mol. The van der Waals surface area contributed by atoms with Crippen LogP contribution < -0.4 is 10.6 Å². The van der Waals surface area contributed by atoms with E-state index in [2.05, 4.69) is 24.9 Å². The van der Waals surface area contributed by atoms with E-state index in [1.165, 1.54) is 37.1 Å². The Hall–Kier alpha value is -1.16. The number of rotatable bonds is 3. The quantitative estimate of drug-likeness (QED) is 0.928. The van der Waals surface area contributed by atoms with Crippen LogP contribution in [0, 0.1) is 0 Å². The van der Waals surface area contributed by atoms with Gasteiger partial charge in [-0.3, -0.25) is 0 Å². The second kappa shape index (κ2) is 6.30. The van der Waals surface area contributed by atoms with E-state index in [0.717, 1.165) is 31.8 Å². The van der Waals surface area contributed by atoms with Crippen molar-refractivity contribution in [3.05, 3.63) is 17.7 Å². The summed E-state index contributed by atoms with van der Waals surface area (Å²) in [6, 6.07) is 0.363. The van der Waals surface area contributed by atoms with Crippen molar-refractivity contribution >= 4 is 5.69 Å². The Morgan fingerprint density at radius 1 is 1.14 bits per heavy atom. The van der Waals surface area contributed by atoms with Crippen molar-refractivity contribution in [1.29, 1.82) is 0 Å². The second-order valence-corrected chi connectivity index (χ2v) is 6.96. The van der Waals surface area contributed by atoms with Gasteiger partial charge in [-0.25, -0.2) is 9.97 Å². The molecule has 21 heavy (non-hydrogen) atoms. The number of anilines is 1. The van der Waals surface area contributed by atoms with E-state index >= 15 is 0 Å². The average Bonchev–Trinajstić information content (AvgIpc) is 3.02. The third kappa shape index (κ3) is 3.20. The van der Waals surface area contributed by atoms with Crippen molar-refractivity contribution < 1.29 is 0 Å². The van der Waals surface area contributed by atoms with E-state index in [-0.39, 0.29) is 0 Å². The largest absolute Gasteiger partial charge is 0.369 e. The molecule has 0 spiro atoms. The van der Waals surface area contributed by atoms with Crippen LogP contribution in [0.4, 0.5) is 5.69 Å². The summed E-state index contributed by atoms with van der Waals surface area (Å²) >= 11 is 0. The lowest BCUT2D eigenvalue weighted by molar-refractivity contribution is 0.498. The van der Waals surface area contributed by atoms with Gasteiger partial charge in [-0.1, -0.05) is 26.7 Å². The molecule has 0 atom stereocenters. The van der Waals surface area contributed by atoms with Gasteiger partial charge in [-0.05, 0) is 31.6 Å². The number of nitrogens with two attached hydrogens (primary N) is 1. The fourth-order valence-corrected chi connectivity index (χ4v) is 3.59. The summed E-state index contributed by atoms with van der Waals surface area (Å²) in [6.07, 6.45) is 9.40. The van der Waals surface area contributed by atoms with Crippen LogP contribution in [-0.2, 0) is 0 Å². The number of hydrogen-bond acceptors (Lipinski definition) is 4. The third-order valence-electron chi connectivity index (χ3n) is 4.96. The molecule has 1 saturated heterocycles. The van der Waals surface area contributed by atoms with Crippen molar-refractivity contribution in [2.45, 2.75) is 70.3 Å². The molecule has 1 aromatic heterocycles. The molecule has 1 saturated carbocycles. The molecule has 2 aliphatic rings. The minimum absolute atomic E-state index is 0.363. The topological polar surface area (TPSA) is 55.0 Å². The minimum Gasteiger partial charge on any atom is -0.369 e. The van der Waals surface area contributed by atoms with E-state index in [0.29, 0.717) is 17.9 Å². The maximum atomic E-state index is 6.02. The van der Waals surface area contributed by atoms with Gasteiger partial charge in [0.05, 0.1) is 17.6 Å². The van der Waals surface area contributed by atoms with Crippen LogP contribution in [0.2, 0.25) is 0 Å². The molecule has 0 radical (unpaired) electrons. The summed E-state index contributed by atoms with van der Waals surface area (Å²) in [5.41, 5.74) is 8.48. The molecule has 0 bridgehead atoms. The highest BCUT2D eigenvalue weighted by atomic mass is 15.2. The Balaban J connectivity index is 1.85. The van der Waals surface area contributed by atoms with E-state index < -0.39 is 0 Å². The van der Waals surface area contributed by atoms with Crippen LogP contribution >= 0.6 is 0 Å². The standard InChI is InChI=1S/C17H28N4/c1-12(2)16-15(21-9-7-14(18)8-10-21)11-19-17(20-16)13-5-3-4-6-13/h11-14H,3-10,18H2,1-2H3. The third-order valence-corrected chi connectivity index (χ3v) is 4.96. The molecule has 3 rings (SSSR count). The number of hydrogen-bond donors (Lipinski definition) is 1. The zero-order valence-electron chi connectivity index (χ0n) is 13.4. The first-order valence-electron chi connectivity index (χ1n) is 8.52. The lowest BCUT2D eigenvalue weighted by Crippen LogP contribution is -2.40. The zero-order chi connectivity index (χ0) is 14.8.